The minimum absolute atomic E-state index is 0.0117. The molecule has 1 aromatic carbocycles. The summed E-state index contributed by atoms with van der Waals surface area (Å²) in [5, 5.41) is 15.3. The van der Waals surface area contributed by atoms with E-state index in [4.69, 9.17) is 9.47 Å². The molecule has 1 aliphatic heterocycles. The first-order chi connectivity index (χ1) is 16.9. The number of aliphatic hydroxyl groups is 1. The summed E-state index contributed by atoms with van der Waals surface area (Å²) < 4.78 is 10.5. The molecule has 0 saturated heterocycles. The smallest absolute Gasteiger partial charge is 0.332 e. The molecule has 0 radical (unpaired) electrons. The van der Waals surface area contributed by atoms with Gasteiger partial charge in [-0.1, -0.05) is 55.3 Å². The Kier molecular flexibility index (Phi) is 9.84. The van der Waals surface area contributed by atoms with E-state index in [1.54, 1.807) is 24.3 Å². The van der Waals surface area contributed by atoms with Gasteiger partial charge >= 0.3 is 11.9 Å². The van der Waals surface area contributed by atoms with Crippen LogP contribution in [0.2, 0.25) is 0 Å². The van der Waals surface area contributed by atoms with Gasteiger partial charge in [0.25, 0.3) is 0 Å². The second-order valence-corrected chi connectivity index (χ2v) is 9.18. The molecule has 2 aliphatic rings. The maximum atomic E-state index is 13.1. The number of amides is 2. The van der Waals surface area contributed by atoms with Crippen LogP contribution in [-0.2, 0) is 35.3 Å². The Bertz CT molecular complexity index is 910. The number of cyclic esters (lactones) is 1. The van der Waals surface area contributed by atoms with E-state index in [9.17, 15) is 24.3 Å². The van der Waals surface area contributed by atoms with Crippen LogP contribution in [-0.4, -0.2) is 53.7 Å². The van der Waals surface area contributed by atoms with Gasteiger partial charge in [0.05, 0.1) is 18.1 Å². The van der Waals surface area contributed by atoms with Crippen LogP contribution in [0, 0.1) is 5.92 Å². The zero-order chi connectivity index (χ0) is 25.1. The number of ether oxygens (including phenoxy) is 2. The average Bonchev–Trinajstić information content (AvgIpc) is 3.32. The van der Waals surface area contributed by atoms with Gasteiger partial charge < -0.3 is 25.2 Å². The van der Waals surface area contributed by atoms with Crippen LogP contribution in [0.4, 0.5) is 0 Å². The van der Waals surface area contributed by atoms with Crippen LogP contribution < -0.4 is 10.6 Å². The fourth-order valence-electron chi connectivity index (χ4n) is 4.34. The minimum Gasteiger partial charge on any atom is -0.463 e. The first-order valence-corrected chi connectivity index (χ1v) is 12.1. The molecule has 1 fully saturated rings. The standard InChI is InChI=1S/C26H34N2O7/c29-18-26(13-7-8-14-26)28-22(30)15-20-11-5-2-6-12-23(31)34-17-21(27-24(20)32)25(33)35-16-19-9-3-1-4-10-19/h1-5,9-10,20-21,29H,6-8,11-18H2,(H,27,32)(H,28,30). The molecule has 1 saturated carbocycles. The Morgan fingerprint density at radius 2 is 1.89 bits per heavy atom. The van der Waals surface area contributed by atoms with E-state index in [0.29, 0.717) is 19.3 Å². The molecular formula is C26H34N2O7. The lowest BCUT2D eigenvalue weighted by atomic mass is 9.95. The van der Waals surface area contributed by atoms with Crippen molar-refractivity contribution < 1.29 is 33.8 Å². The molecule has 0 aromatic heterocycles. The highest BCUT2D eigenvalue weighted by Crippen LogP contribution is 2.29. The van der Waals surface area contributed by atoms with Crippen LogP contribution in [0.25, 0.3) is 0 Å². The molecule has 190 valence electrons. The number of esters is 2. The molecule has 0 bridgehead atoms. The summed E-state index contributed by atoms with van der Waals surface area (Å²) in [6, 6.07) is 7.89. The highest BCUT2D eigenvalue weighted by Gasteiger charge is 2.36. The summed E-state index contributed by atoms with van der Waals surface area (Å²) in [5.74, 6) is -2.77. The average molecular weight is 487 g/mol. The van der Waals surface area contributed by atoms with Gasteiger partial charge in [-0.15, -0.1) is 0 Å². The Balaban J connectivity index is 1.67. The predicted octanol–water partition coefficient (Wildman–Crippen LogP) is 1.93. The zero-order valence-corrected chi connectivity index (χ0v) is 19.9. The number of aliphatic hydroxyl groups excluding tert-OH is 1. The van der Waals surface area contributed by atoms with Crippen molar-refractivity contribution >= 4 is 23.8 Å². The van der Waals surface area contributed by atoms with E-state index in [1.165, 1.54) is 0 Å². The summed E-state index contributed by atoms with van der Waals surface area (Å²) in [5.41, 5.74) is 0.147. The number of hydrogen-bond acceptors (Lipinski definition) is 7. The number of rotatable bonds is 7. The molecule has 2 amide bonds. The van der Waals surface area contributed by atoms with E-state index in [2.05, 4.69) is 10.6 Å². The van der Waals surface area contributed by atoms with Crippen molar-refractivity contribution in [2.24, 2.45) is 5.92 Å². The van der Waals surface area contributed by atoms with Gasteiger partial charge in [0.15, 0.2) is 6.04 Å². The van der Waals surface area contributed by atoms with Gasteiger partial charge in [-0.2, -0.15) is 0 Å². The summed E-state index contributed by atoms with van der Waals surface area (Å²) in [4.78, 5) is 50.6. The van der Waals surface area contributed by atoms with E-state index in [-0.39, 0.29) is 45.0 Å². The Morgan fingerprint density at radius 3 is 2.60 bits per heavy atom. The number of hydrogen-bond donors (Lipinski definition) is 3. The van der Waals surface area contributed by atoms with Gasteiger partial charge in [0.1, 0.15) is 13.2 Å². The van der Waals surface area contributed by atoms with Crippen LogP contribution in [0.5, 0.6) is 0 Å². The van der Waals surface area contributed by atoms with Crippen molar-refractivity contribution in [1.29, 1.82) is 0 Å². The summed E-state index contributed by atoms with van der Waals surface area (Å²) in [6.45, 7) is -0.484. The molecule has 9 heteroatoms. The molecule has 1 aliphatic carbocycles. The summed E-state index contributed by atoms with van der Waals surface area (Å²) in [7, 11) is 0. The Hall–Kier alpha value is -3.20. The third-order valence-electron chi connectivity index (χ3n) is 6.41. The Morgan fingerprint density at radius 1 is 1.14 bits per heavy atom. The SMILES string of the molecule is O=C(CC1CC=CCCC(=O)OCC(C(=O)OCc2ccccc2)NC1=O)NC1(CO)CCCC1. The lowest BCUT2D eigenvalue weighted by Crippen LogP contribution is -2.51. The molecule has 3 rings (SSSR count). The van der Waals surface area contributed by atoms with Crippen LogP contribution in [0.1, 0.15) is 56.9 Å². The largest absolute Gasteiger partial charge is 0.463 e. The van der Waals surface area contributed by atoms with Crippen molar-refractivity contribution in [2.45, 2.75) is 69.6 Å². The van der Waals surface area contributed by atoms with Gasteiger partial charge in [0.2, 0.25) is 11.8 Å². The zero-order valence-electron chi connectivity index (χ0n) is 19.9. The maximum absolute atomic E-state index is 13.1. The van der Waals surface area contributed by atoms with Crippen LogP contribution in [0.3, 0.4) is 0 Å². The van der Waals surface area contributed by atoms with Gasteiger partial charge in [-0.25, -0.2) is 4.79 Å². The second-order valence-electron chi connectivity index (χ2n) is 9.18. The van der Waals surface area contributed by atoms with E-state index >= 15 is 0 Å². The number of carbonyl (C=O) groups excluding carboxylic acids is 4. The first-order valence-electron chi connectivity index (χ1n) is 12.1. The fraction of sp³-hybridized carbons (Fsp3) is 0.538. The molecule has 1 aromatic rings. The molecule has 1 heterocycles. The lowest BCUT2D eigenvalue weighted by molar-refractivity contribution is -0.155. The van der Waals surface area contributed by atoms with Crippen molar-refractivity contribution in [3.63, 3.8) is 0 Å². The monoisotopic (exact) mass is 486 g/mol. The number of nitrogens with one attached hydrogen (secondary N) is 2. The third-order valence-corrected chi connectivity index (χ3v) is 6.41. The van der Waals surface area contributed by atoms with Gasteiger partial charge in [-0.3, -0.25) is 14.4 Å². The van der Waals surface area contributed by atoms with Gasteiger partial charge in [0, 0.05) is 12.8 Å². The number of carbonyl (C=O) groups is 4. The highest BCUT2D eigenvalue weighted by atomic mass is 16.6. The van der Waals surface area contributed by atoms with E-state index in [0.717, 1.165) is 18.4 Å². The molecule has 35 heavy (non-hydrogen) atoms. The third kappa shape index (κ3) is 8.20. The van der Waals surface area contributed by atoms with Crippen molar-refractivity contribution in [1.82, 2.24) is 10.6 Å². The second kappa shape index (κ2) is 13.0. The summed E-state index contributed by atoms with van der Waals surface area (Å²) in [6.07, 6.45) is 7.54. The highest BCUT2D eigenvalue weighted by molar-refractivity contribution is 5.89. The van der Waals surface area contributed by atoms with E-state index < -0.39 is 35.3 Å². The number of allylic oxidation sites excluding steroid dienone is 2. The van der Waals surface area contributed by atoms with Crippen molar-refractivity contribution in [3.05, 3.63) is 48.0 Å². The molecule has 2 atom stereocenters. The molecule has 2 unspecified atom stereocenters. The van der Waals surface area contributed by atoms with Crippen LogP contribution >= 0.6 is 0 Å². The molecule has 9 nitrogen and oxygen atoms in total. The minimum atomic E-state index is -1.19. The lowest BCUT2D eigenvalue weighted by Gasteiger charge is -2.29. The first kappa shape index (κ1) is 26.4. The van der Waals surface area contributed by atoms with Gasteiger partial charge in [-0.05, 0) is 31.2 Å². The number of benzene rings is 1. The molecule has 3 N–H and O–H groups in total. The van der Waals surface area contributed by atoms with Crippen LogP contribution in [0.15, 0.2) is 42.5 Å². The fourth-order valence-corrected chi connectivity index (χ4v) is 4.34. The van der Waals surface area contributed by atoms with E-state index in [1.807, 2.05) is 18.2 Å². The Labute approximate surface area is 205 Å². The summed E-state index contributed by atoms with van der Waals surface area (Å²) >= 11 is 0. The maximum Gasteiger partial charge on any atom is 0.332 e. The normalized spacial score (nSPS) is 22.8. The molecule has 0 spiro atoms. The van der Waals surface area contributed by atoms with Crippen molar-refractivity contribution in [3.8, 4) is 0 Å². The molecular weight excluding hydrogens is 452 g/mol. The topological polar surface area (TPSA) is 131 Å². The quantitative estimate of drug-likeness (QED) is 0.396. The predicted molar refractivity (Wildman–Crippen MR) is 127 cm³/mol. The van der Waals surface area contributed by atoms with Crippen molar-refractivity contribution in [2.75, 3.05) is 13.2 Å².